The third-order valence-electron chi connectivity index (χ3n) is 4.30. The molecular weight excluding hydrogens is 389 g/mol. The zero-order valence-electron chi connectivity index (χ0n) is 15.2. The number of carbonyl (C=O) groups excluding carboxylic acids is 2. The predicted octanol–water partition coefficient (Wildman–Crippen LogP) is 4.17. The number of nitro groups is 1. The number of benzene rings is 2. The summed E-state index contributed by atoms with van der Waals surface area (Å²) in [6, 6.07) is 8.35. The van der Waals surface area contributed by atoms with Gasteiger partial charge in [0.15, 0.2) is 0 Å². The lowest BCUT2D eigenvalue weighted by atomic mass is 9.97. The zero-order valence-corrected chi connectivity index (χ0v) is 16.0. The maximum absolute atomic E-state index is 13.5. The lowest BCUT2D eigenvalue weighted by molar-refractivity contribution is -0.387. The van der Waals surface area contributed by atoms with Crippen molar-refractivity contribution >= 4 is 34.8 Å². The molecule has 2 atom stereocenters. The smallest absolute Gasteiger partial charge is 0.306 e. The van der Waals surface area contributed by atoms with Crippen molar-refractivity contribution in [2.24, 2.45) is 5.92 Å². The Bertz CT molecular complexity index is 889. The van der Waals surface area contributed by atoms with Crippen molar-refractivity contribution in [1.29, 1.82) is 0 Å². The van der Waals surface area contributed by atoms with Gasteiger partial charge in [0.2, 0.25) is 11.7 Å². The molecule has 2 unspecified atom stereocenters. The SMILES string of the molecule is CCC(C)C(NC(=O)c1ccc(Cl)cc1)C(=O)Nc1ccc(F)c([N+](=O)[O-])c1. The summed E-state index contributed by atoms with van der Waals surface area (Å²) in [6.07, 6.45) is 0.600. The fourth-order valence-corrected chi connectivity index (χ4v) is 2.60. The number of nitro benzene ring substituents is 1. The van der Waals surface area contributed by atoms with Crippen molar-refractivity contribution in [1.82, 2.24) is 5.32 Å². The van der Waals surface area contributed by atoms with E-state index in [1.54, 1.807) is 19.1 Å². The van der Waals surface area contributed by atoms with Crippen molar-refractivity contribution in [3.8, 4) is 0 Å². The van der Waals surface area contributed by atoms with E-state index in [0.717, 1.165) is 12.1 Å². The monoisotopic (exact) mass is 407 g/mol. The highest BCUT2D eigenvalue weighted by molar-refractivity contribution is 6.30. The second-order valence-corrected chi connectivity index (χ2v) is 6.69. The molecule has 2 rings (SSSR count). The topological polar surface area (TPSA) is 101 Å². The molecule has 2 amide bonds. The molecule has 0 spiro atoms. The van der Waals surface area contributed by atoms with Crippen LogP contribution in [0.1, 0.15) is 30.6 Å². The normalized spacial score (nSPS) is 12.7. The number of hydrogen-bond donors (Lipinski definition) is 2. The first-order chi connectivity index (χ1) is 13.2. The van der Waals surface area contributed by atoms with E-state index in [2.05, 4.69) is 10.6 Å². The lowest BCUT2D eigenvalue weighted by Gasteiger charge is -2.23. The average Bonchev–Trinajstić information content (AvgIpc) is 2.67. The van der Waals surface area contributed by atoms with E-state index in [4.69, 9.17) is 11.6 Å². The molecule has 0 fully saturated rings. The average molecular weight is 408 g/mol. The Morgan fingerprint density at radius 1 is 1.21 bits per heavy atom. The summed E-state index contributed by atoms with van der Waals surface area (Å²) < 4.78 is 13.5. The van der Waals surface area contributed by atoms with Gasteiger partial charge in [-0.3, -0.25) is 19.7 Å². The second kappa shape index (κ2) is 9.27. The molecule has 2 aromatic carbocycles. The minimum atomic E-state index is -1.00. The first-order valence-corrected chi connectivity index (χ1v) is 8.92. The molecule has 0 aromatic heterocycles. The Balaban J connectivity index is 2.19. The molecular formula is C19H19ClFN3O4. The number of amides is 2. The molecule has 0 radical (unpaired) electrons. The van der Waals surface area contributed by atoms with Gasteiger partial charge < -0.3 is 10.6 Å². The van der Waals surface area contributed by atoms with Gasteiger partial charge in [0, 0.05) is 22.3 Å². The Morgan fingerprint density at radius 3 is 2.43 bits per heavy atom. The van der Waals surface area contributed by atoms with E-state index < -0.39 is 34.3 Å². The largest absolute Gasteiger partial charge is 0.340 e. The van der Waals surface area contributed by atoms with Crippen LogP contribution in [0.3, 0.4) is 0 Å². The van der Waals surface area contributed by atoms with Crippen LogP contribution in [0.4, 0.5) is 15.8 Å². The van der Waals surface area contributed by atoms with E-state index in [-0.39, 0.29) is 11.6 Å². The Hall–Kier alpha value is -3.00. The van der Waals surface area contributed by atoms with E-state index in [9.17, 15) is 24.1 Å². The summed E-state index contributed by atoms with van der Waals surface area (Å²) in [5, 5.41) is 16.5. The highest BCUT2D eigenvalue weighted by Crippen LogP contribution is 2.22. The van der Waals surface area contributed by atoms with Gasteiger partial charge in [-0.05, 0) is 42.3 Å². The minimum Gasteiger partial charge on any atom is -0.340 e. The van der Waals surface area contributed by atoms with Crippen molar-refractivity contribution < 1.29 is 18.9 Å². The van der Waals surface area contributed by atoms with E-state index in [1.807, 2.05) is 6.92 Å². The van der Waals surface area contributed by atoms with Crippen molar-refractivity contribution in [2.75, 3.05) is 5.32 Å². The van der Waals surface area contributed by atoms with Crippen molar-refractivity contribution in [3.05, 3.63) is 69.0 Å². The molecule has 148 valence electrons. The van der Waals surface area contributed by atoms with Crippen LogP contribution < -0.4 is 10.6 Å². The number of hydrogen-bond acceptors (Lipinski definition) is 4. The highest BCUT2D eigenvalue weighted by Gasteiger charge is 2.27. The van der Waals surface area contributed by atoms with Gasteiger partial charge in [0.1, 0.15) is 6.04 Å². The number of nitrogens with zero attached hydrogens (tertiary/aromatic N) is 1. The van der Waals surface area contributed by atoms with E-state index in [1.165, 1.54) is 18.2 Å². The van der Waals surface area contributed by atoms with Crippen LogP contribution in [0.2, 0.25) is 5.02 Å². The first kappa shape index (κ1) is 21.3. The maximum Gasteiger partial charge on any atom is 0.306 e. The van der Waals surface area contributed by atoms with E-state index in [0.29, 0.717) is 17.0 Å². The molecule has 0 saturated heterocycles. The van der Waals surface area contributed by atoms with Crippen LogP contribution in [0.5, 0.6) is 0 Å². The van der Waals surface area contributed by atoms with Crippen LogP contribution in [-0.2, 0) is 4.79 Å². The summed E-state index contributed by atoms with van der Waals surface area (Å²) in [5.74, 6) is -2.23. The summed E-state index contributed by atoms with van der Waals surface area (Å²) >= 11 is 5.81. The van der Waals surface area contributed by atoms with Gasteiger partial charge in [0.25, 0.3) is 5.91 Å². The predicted molar refractivity (Wildman–Crippen MR) is 104 cm³/mol. The Kier molecular flexibility index (Phi) is 7.06. The maximum atomic E-state index is 13.5. The summed E-state index contributed by atoms with van der Waals surface area (Å²) in [5.41, 5.74) is -0.349. The van der Waals surface area contributed by atoms with Gasteiger partial charge >= 0.3 is 5.69 Å². The fraction of sp³-hybridized carbons (Fsp3) is 0.263. The number of rotatable bonds is 7. The molecule has 0 bridgehead atoms. The standard InChI is InChI=1S/C19H19ClFN3O4/c1-3-11(2)17(23-18(25)12-4-6-13(20)7-5-12)19(26)22-14-8-9-15(21)16(10-14)24(27)28/h4-11,17H,3H2,1-2H3,(H,22,26)(H,23,25). The molecule has 0 aliphatic carbocycles. The minimum absolute atomic E-state index is 0.0622. The third-order valence-corrected chi connectivity index (χ3v) is 4.55. The van der Waals surface area contributed by atoms with Gasteiger partial charge in [-0.2, -0.15) is 4.39 Å². The Morgan fingerprint density at radius 2 is 1.86 bits per heavy atom. The number of halogens is 2. The van der Waals surface area contributed by atoms with Crippen LogP contribution in [0, 0.1) is 21.8 Å². The summed E-state index contributed by atoms with van der Waals surface area (Å²) in [6.45, 7) is 3.65. The van der Waals surface area contributed by atoms with Crippen molar-refractivity contribution in [2.45, 2.75) is 26.3 Å². The number of carbonyl (C=O) groups is 2. The molecule has 7 nitrogen and oxygen atoms in total. The van der Waals surface area contributed by atoms with Gasteiger partial charge in [0.05, 0.1) is 4.92 Å². The first-order valence-electron chi connectivity index (χ1n) is 8.54. The van der Waals surface area contributed by atoms with Crippen LogP contribution in [0.25, 0.3) is 0 Å². The van der Waals surface area contributed by atoms with Gasteiger partial charge in [-0.1, -0.05) is 31.9 Å². The zero-order chi connectivity index (χ0) is 20.8. The Labute approximate surface area is 166 Å². The lowest BCUT2D eigenvalue weighted by Crippen LogP contribution is -2.47. The molecule has 0 heterocycles. The summed E-state index contributed by atoms with van der Waals surface area (Å²) in [4.78, 5) is 35.1. The van der Waals surface area contributed by atoms with Crippen LogP contribution in [0.15, 0.2) is 42.5 Å². The van der Waals surface area contributed by atoms with Crippen LogP contribution in [-0.4, -0.2) is 22.8 Å². The van der Waals surface area contributed by atoms with Gasteiger partial charge in [-0.25, -0.2) is 0 Å². The van der Waals surface area contributed by atoms with E-state index >= 15 is 0 Å². The molecule has 0 aliphatic rings. The second-order valence-electron chi connectivity index (χ2n) is 6.26. The van der Waals surface area contributed by atoms with Crippen molar-refractivity contribution in [3.63, 3.8) is 0 Å². The third kappa shape index (κ3) is 5.26. The number of nitrogens with one attached hydrogen (secondary N) is 2. The number of anilines is 1. The molecule has 0 aliphatic heterocycles. The molecule has 9 heteroatoms. The van der Waals surface area contributed by atoms with Gasteiger partial charge in [-0.15, -0.1) is 0 Å². The summed E-state index contributed by atoms with van der Waals surface area (Å²) in [7, 11) is 0. The molecule has 2 N–H and O–H groups in total. The molecule has 0 saturated carbocycles. The molecule has 2 aromatic rings. The quantitative estimate of drug-likeness (QED) is 0.531. The highest BCUT2D eigenvalue weighted by atomic mass is 35.5. The fourth-order valence-electron chi connectivity index (χ4n) is 2.48. The molecule has 28 heavy (non-hydrogen) atoms. The van der Waals surface area contributed by atoms with Crippen LogP contribution >= 0.6 is 11.6 Å².